The maximum absolute atomic E-state index is 6.41. The van der Waals surface area contributed by atoms with Crippen LogP contribution in [0.25, 0.3) is 0 Å². The first-order valence-corrected chi connectivity index (χ1v) is 8.38. The van der Waals surface area contributed by atoms with Crippen molar-refractivity contribution in [3.05, 3.63) is 49.1 Å². The third-order valence-corrected chi connectivity index (χ3v) is 5.62. The Kier molecular flexibility index (Phi) is 5.49. The summed E-state index contributed by atoms with van der Waals surface area (Å²) in [7, 11) is 1.65. The lowest BCUT2D eigenvalue weighted by molar-refractivity contribution is 0.414. The van der Waals surface area contributed by atoms with Crippen LogP contribution in [0.4, 0.5) is 0 Å². The summed E-state index contributed by atoms with van der Waals surface area (Å²) < 4.78 is 6.38. The predicted molar refractivity (Wildman–Crippen MR) is 90.3 cm³/mol. The van der Waals surface area contributed by atoms with E-state index in [0.29, 0.717) is 0 Å². The van der Waals surface area contributed by atoms with Crippen molar-refractivity contribution >= 4 is 38.9 Å². The number of benzene rings is 1. The molecule has 1 heterocycles. The zero-order valence-corrected chi connectivity index (χ0v) is 14.8. The summed E-state index contributed by atoms with van der Waals surface area (Å²) in [6.07, 6.45) is 0. The van der Waals surface area contributed by atoms with Gasteiger partial charge in [0.1, 0.15) is 5.75 Å². The summed E-state index contributed by atoms with van der Waals surface area (Å²) in [5, 5.41) is 4.22. The van der Waals surface area contributed by atoms with E-state index in [1.165, 1.54) is 14.2 Å². The van der Waals surface area contributed by atoms with Crippen LogP contribution in [-0.2, 0) is 0 Å². The standard InChI is InChI=1S/C15H17BrClNOS/c1-4-18-14(13-7-9(2)15(16)20-13)11-6-5-10(19-3)8-12(11)17/h5-8,14,18H,4H2,1-3H3. The summed E-state index contributed by atoms with van der Waals surface area (Å²) >= 11 is 11.7. The van der Waals surface area contributed by atoms with Crippen LogP contribution in [-0.4, -0.2) is 13.7 Å². The summed E-state index contributed by atoms with van der Waals surface area (Å²) in [6.45, 7) is 5.07. The molecule has 0 saturated carbocycles. The van der Waals surface area contributed by atoms with Gasteiger partial charge >= 0.3 is 0 Å². The van der Waals surface area contributed by atoms with Crippen LogP contribution in [0.1, 0.15) is 29.0 Å². The molecule has 0 bridgehead atoms. The molecule has 5 heteroatoms. The third kappa shape index (κ3) is 3.37. The lowest BCUT2D eigenvalue weighted by Gasteiger charge is -2.18. The van der Waals surface area contributed by atoms with Crippen molar-refractivity contribution in [3.8, 4) is 5.75 Å². The van der Waals surface area contributed by atoms with Crippen molar-refractivity contribution in [2.45, 2.75) is 19.9 Å². The fraction of sp³-hybridized carbons (Fsp3) is 0.333. The molecule has 1 atom stereocenters. The van der Waals surface area contributed by atoms with E-state index in [-0.39, 0.29) is 6.04 Å². The molecule has 0 saturated heterocycles. The van der Waals surface area contributed by atoms with Crippen LogP contribution in [0.2, 0.25) is 5.02 Å². The van der Waals surface area contributed by atoms with Gasteiger partial charge in [-0.25, -0.2) is 0 Å². The molecule has 1 aromatic heterocycles. The molecule has 1 aromatic carbocycles. The second kappa shape index (κ2) is 6.94. The molecule has 1 unspecified atom stereocenters. The summed E-state index contributed by atoms with van der Waals surface area (Å²) in [5.41, 5.74) is 2.32. The van der Waals surface area contributed by atoms with Crippen molar-refractivity contribution in [3.63, 3.8) is 0 Å². The number of rotatable bonds is 5. The van der Waals surface area contributed by atoms with Gasteiger partial charge in [-0.15, -0.1) is 11.3 Å². The molecule has 0 aliphatic carbocycles. The Bertz CT molecular complexity index is 580. The quantitative estimate of drug-likeness (QED) is 0.778. The smallest absolute Gasteiger partial charge is 0.120 e. The molecule has 0 amide bonds. The van der Waals surface area contributed by atoms with Gasteiger partial charge in [-0.05, 0) is 58.7 Å². The number of methoxy groups -OCH3 is 1. The van der Waals surface area contributed by atoms with Gasteiger partial charge in [-0.1, -0.05) is 24.6 Å². The maximum atomic E-state index is 6.41. The normalized spacial score (nSPS) is 12.4. The van der Waals surface area contributed by atoms with E-state index in [4.69, 9.17) is 16.3 Å². The highest BCUT2D eigenvalue weighted by molar-refractivity contribution is 9.11. The fourth-order valence-electron chi connectivity index (χ4n) is 2.06. The highest BCUT2D eigenvalue weighted by Gasteiger charge is 2.19. The van der Waals surface area contributed by atoms with Gasteiger partial charge in [0.2, 0.25) is 0 Å². The SMILES string of the molecule is CCNC(c1cc(C)c(Br)s1)c1ccc(OC)cc1Cl. The lowest BCUT2D eigenvalue weighted by Crippen LogP contribution is -2.21. The highest BCUT2D eigenvalue weighted by atomic mass is 79.9. The van der Waals surface area contributed by atoms with E-state index >= 15 is 0 Å². The van der Waals surface area contributed by atoms with E-state index in [1.54, 1.807) is 18.4 Å². The van der Waals surface area contributed by atoms with Gasteiger partial charge in [0.15, 0.2) is 0 Å². The van der Waals surface area contributed by atoms with Gasteiger partial charge in [0.25, 0.3) is 0 Å². The second-order valence-corrected chi connectivity index (χ2v) is 7.29. The van der Waals surface area contributed by atoms with E-state index in [2.05, 4.69) is 41.2 Å². The molecule has 0 radical (unpaired) electrons. The number of nitrogens with one attached hydrogen (secondary N) is 1. The van der Waals surface area contributed by atoms with Crippen molar-refractivity contribution in [1.82, 2.24) is 5.32 Å². The second-order valence-electron chi connectivity index (χ2n) is 4.48. The fourth-order valence-corrected chi connectivity index (χ4v) is 4.01. The van der Waals surface area contributed by atoms with Gasteiger partial charge in [0, 0.05) is 9.90 Å². The molecule has 2 aromatic rings. The minimum atomic E-state index is 0.105. The first-order chi connectivity index (χ1) is 9.56. The molecular weight excluding hydrogens is 358 g/mol. The number of hydrogen-bond donors (Lipinski definition) is 1. The first-order valence-electron chi connectivity index (χ1n) is 6.39. The molecule has 0 spiro atoms. The van der Waals surface area contributed by atoms with Gasteiger partial charge < -0.3 is 10.1 Å². The Balaban J connectivity index is 2.42. The number of thiophene rings is 1. The number of aryl methyl sites for hydroxylation is 1. The average molecular weight is 375 g/mol. The summed E-state index contributed by atoms with van der Waals surface area (Å²) in [4.78, 5) is 1.25. The van der Waals surface area contributed by atoms with Crippen LogP contribution in [0.15, 0.2) is 28.1 Å². The molecule has 2 nitrogen and oxygen atoms in total. The molecule has 0 aliphatic rings. The van der Waals surface area contributed by atoms with Gasteiger partial charge in [-0.2, -0.15) is 0 Å². The lowest BCUT2D eigenvalue weighted by atomic mass is 10.0. The third-order valence-electron chi connectivity index (χ3n) is 3.09. The molecule has 1 N–H and O–H groups in total. The Hall–Kier alpha value is -0.550. The Morgan fingerprint density at radius 3 is 2.65 bits per heavy atom. The van der Waals surface area contributed by atoms with Crippen LogP contribution in [0, 0.1) is 6.92 Å². The Morgan fingerprint density at radius 1 is 1.40 bits per heavy atom. The van der Waals surface area contributed by atoms with Crippen LogP contribution < -0.4 is 10.1 Å². The van der Waals surface area contributed by atoms with E-state index in [0.717, 1.165) is 22.9 Å². The first kappa shape index (κ1) is 15.8. The van der Waals surface area contributed by atoms with Crippen molar-refractivity contribution in [2.24, 2.45) is 0 Å². The van der Waals surface area contributed by atoms with Crippen LogP contribution in [0.3, 0.4) is 0 Å². The molecule has 0 fully saturated rings. The van der Waals surface area contributed by atoms with Crippen LogP contribution >= 0.6 is 38.9 Å². The summed E-state index contributed by atoms with van der Waals surface area (Å²) in [6, 6.07) is 8.13. The predicted octanol–water partition coefficient (Wildman–Crippen LogP) is 5.18. The molecule has 20 heavy (non-hydrogen) atoms. The zero-order valence-electron chi connectivity index (χ0n) is 11.7. The van der Waals surface area contributed by atoms with E-state index in [9.17, 15) is 0 Å². The minimum absolute atomic E-state index is 0.105. The molecule has 108 valence electrons. The van der Waals surface area contributed by atoms with Crippen molar-refractivity contribution < 1.29 is 4.74 Å². The molecule has 2 rings (SSSR count). The van der Waals surface area contributed by atoms with E-state index in [1.807, 2.05) is 18.2 Å². The van der Waals surface area contributed by atoms with Crippen LogP contribution in [0.5, 0.6) is 5.75 Å². The monoisotopic (exact) mass is 373 g/mol. The zero-order chi connectivity index (χ0) is 14.7. The molecule has 0 aliphatic heterocycles. The van der Waals surface area contributed by atoms with E-state index < -0.39 is 0 Å². The maximum Gasteiger partial charge on any atom is 0.120 e. The number of hydrogen-bond acceptors (Lipinski definition) is 3. The molecular formula is C15H17BrClNOS. The number of ether oxygens (including phenoxy) is 1. The largest absolute Gasteiger partial charge is 0.497 e. The Labute approximate surface area is 137 Å². The van der Waals surface area contributed by atoms with Gasteiger partial charge in [0.05, 0.1) is 16.9 Å². The van der Waals surface area contributed by atoms with Crippen molar-refractivity contribution in [2.75, 3.05) is 13.7 Å². The minimum Gasteiger partial charge on any atom is -0.497 e. The summed E-state index contributed by atoms with van der Waals surface area (Å²) in [5.74, 6) is 0.775. The number of halogens is 2. The van der Waals surface area contributed by atoms with Crippen molar-refractivity contribution in [1.29, 1.82) is 0 Å². The average Bonchev–Trinajstić information content (AvgIpc) is 2.76. The highest BCUT2D eigenvalue weighted by Crippen LogP contribution is 2.37. The Morgan fingerprint density at radius 2 is 2.15 bits per heavy atom. The topological polar surface area (TPSA) is 21.3 Å². The van der Waals surface area contributed by atoms with Gasteiger partial charge in [-0.3, -0.25) is 0 Å².